The molecule has 1 nitrogen and oxygen atoms in total. The first-order chi connectivity index (χ1) is 6.88. The number of benzene rings is 1. The molecule has 0 spiro atoms. The first-order valence-corrected chi connectivity index (χ1v) is 5.31. The highest BCUT2D eigenvalue weighted by Gasteiger charge is 2.26. The van der Waals surface area contributed by atoms with Crippen molar-refractivity contribution in [3.63, 3.8) is 0 Å². The van der Waals surface area contributed by atoms with Gasteiger partial charge in [-0.05, 0) is 34.1 Å². The van der Waals surface area contributed by atoms with Crippen molar-refractivity contribution in [1.82, 2.24) is 0 Å². The second-order valence-corrected chi connectivity index (χ2v) is 4.21. The Morgan fingerprint density at radius 1 is 1.33 bits per heavy atom. The summed E-state index contributed by atoms with van der Waals surface area (Å²) in [4.78, 5) is 0. The van der Waals surface area contributed by atoms with Crippen LogP contribution in [-0.4, -0.2) is 12.7 Å². The second kappa shape index (κ2) is 5.07. The fourth-order valence-corrected chi connectivity index (χ4v) is 1.53. The number of halogens is 5. The van der Waals surface area contributed by atoms with E-state index in [9.17, 15) is 13.2 Å². The van der Waals surface area contributed by atoms with Gasteiger partial charge in [0.25, 0.3) is 0 Å². The van der Waals surface area contributed by atoms with Crippen molar-refractivity contribution < 1.29 is 13.2 Å². The second-order valence-electron chi connectivity index (χ2n) is 2.92. The van der Waals surface area contributed by atoms with Crippen molar-refractivity contribution in [2.75, 3.05) is 11.9 Å². The molecule has 1 rings (SSSR count). The molecule has 0 heterocycles. The molecule has 0 aliphatic heterocycles. The van der Waals surface area contributed by atoms with Crippen molar-refractivity contribution in [2.45, 2.75) is 12.6 Å². The zero-order valence-electron chi connectivity index (χ0n) is 7.54. The largest absolute Gasteiger partial charge is 0.390 e. The van der Waals surface area contributed by atoms with Crippen LogP contribution >= 0.6 is 27.5 Å². The lowest BCUT2D eigenvalue weighted by atomic mass is 10.3. The van der Waals surface area contributed by atoms with Crippen molar-refractivity contribution in [3.8, 4) is 0 Å². The number of hydrogen-bond acceptors (Lipinski definition) is 1. The van der Waals surface area contributed by atoms with Crippen molar-refractivity contribution in [3.05, 3.63) is 27.7 Å². The molecule has 0 fully saturated rings. The quantitative estimate of drug-likeness (QED) is 0.869. The summed E-state index contributed by atoms with van der Waals surface area (Å²) in [5, 5.41) is 3.14. The number of anilines is 1. The summed E-state index contributed by atoms with van der Waals surface area (Å²) >= 11 is 8.91. The highest BCUT2D eigenvalue weighted by Crippen LogP contribution is 2.26. The van der Waals surface area contributed by atoms with E-state index in [1.54, 1.807) is 18.2 Å². The fourth-order valence-electron chi connectivity index (χ4n) is 0.972. The van der Waals surface area contributed by atoms with Gasteiger partial charge in [-0.2, -0.15) is 13.2 Å². The van der Waals surface area contributed by atoms with Gasteiger partial charge < -0.3 is 5.32 Å². The normalized spacial score (nSPS) is 11.5. The molecule has 1 N–H and O–H groups in total. The van der Waals surface area contributed by atoms with E-state index >= 15 is 0 Å². The number of hydrogen-bond donors (Lipinski definition) is 1. The maximum Gasteiger partial charge on any atom is 0.390 e. The molecule has 6 heteroatoms. The van der Waals surface area contributed by atoms with Crippen molar-refractivity contribution in [1.29, 1.82) is 0 Å². The molecule has 0 unspecified atom stereocenters. The Morgan fingerprint density at radius 2 is 2.00 bits per heavy atom. The summed E-state index contributed by atoms with van der Waals surface area (Å²) in [6, 6.07) is 4.90. The van der Waals surface area contributed by atoms with E-state index < -0.39 is 12.6 Å². The van der Waals surface area contributed by atoms with Gasteiger partial charge in [-0.25, -0.2) is 0 Å². The van der Waals surface area contributed by atoms with Crippen LogP contribution in [0.25, 0.3) is 0 Å². The average molecular weight is 303 g/mol. The minimum Gasteiger partial charge on any atom is -0.384 e. The van der Waals surface area contributed by atoms with E-state index in [-0.39, 0.29) is 6.54 Å². The van der Waals surface area contributed by atoms with E-state index in [1.165, 1.54) is 0 Å². The Bertz CT molecular complexity index is 341. The van der Waals surface area contributed by atoms with Gasteiger partial charge in [-0.1, -0.05) is 11.6 Å². The fraction of sp³-hybridized carbons (Fsp3) is 0.333. The Labute approximate surface area is 98.7 Å². The number of nitrogens with one attached hydrogen (secondary N) is 1. The third-order valence-corrected chi connectivity index (χ3v) is 2.58. The monoisotopic (exact) mass is 301 g/mol. The third-order valence-electron chi connectivity index (χ3n) is 1.65. The lowest BCUT2D eigenvalue weighted by Gasteiger charge is -2.10. The summed E-state index contributed by atoms with van der Waals surface area (Å²) in [6.45, 7) is -0.164. The van der Waals surface area contributed by atoms with E-state index in [2.05, 4.69) is 21.2 Å². The van der Waals surface area contributed by atoms with Crippen LogP contribution in [0, 0.1) is 0 Å². The van der Waals surface area contributed by atoms with Crippen molar-refractivity contribution >= 4 is 33.2 Å². The summed E-state index contributed by atoms with van der Waals surface area (Å²) in [6.07, 6.45) is -5.01. The summed E-state index contributed by atoms with van der Waals surface area (Å²) in [5.74, 6) is 0. The summed E-state index contributed by atoms with van der Waals surface area (Å²) in [7, 11) is 0. The zero-order valence-corrected chi connectivity index (χ0v) is 9.88. The van der Waals surface area contributed by atoms with Crippen LogP contribution in [0.5, 0.6) is 0 Å². The molecule has 0 aromatic heterocycles. The van der Waals surface area contributed by atoms with Gasteiger partial charge in [0.15, 0.2) is 0 Å². The van der Waals surface area contributed by atoms with Crippen LogP contribution in [0.2, 0.25) is 5.02 Å². The van der Waals surface area contributed by atoms with Gasteiger partial charge >= 0.3 is 6.18 Å². The van der Waals surface area contributed by atoms with Gasteiger partial charge in [0.2, 0.25) is 0 Å². The van der Waals surface area contributed by atoms with Crippen molar-refractivity contribution in [2.24, 2.45) is 0 Å². The molecule has 0 saturated heterocycles. The number of rotatable bonds is 3. The smallest absolute Gasteiger partial charge is 0.384 e. The Balaban J connectivity index is 2.54. The standard InChI is InChI=1S/C9H8BrClF3N/c10-7-2-1-6(11)5-8(7)15-4-3-9(12,13)14/h1-2,5,15H,3-4H2. The van der Waals surface area contributed by atoms with Crippen LogP contribution in [0.15, 0.2) is 22.7 Å². The molecular formula is C9H8BrClF3N. The molecule has 15 heavy (non-hydrogen) atoms. The van der Waals surface area contributed by atoms with E-state index in [4.69, 9.17) is 11.6 Å². The average Bonchev–Trinajstić information content (AvgIpc) is 2.09. The van der Waals surface area contributed by atoms with Crippen LogP contribution < -0.4 is 5.32 Å². The molecule has 0 radical (unpaired) electrons. The lowest BCUT2D eigenvalue weighted by Crippen LogP contribution is -2.14. The topological polar surface area (TPSA) is 12.0 Å². The lowest BCUT2D eigenvalue weighted by molar-refractivity contribution is -0.131. The van der Waals surface area contributed by atoms with Crippen LogP contribution in [0.1, 0.15) is 6.42 Å². The van der Waals surface area contributed by atoms with E-state index in [1.807, 2.05) is 0 Å². The Hall–Kier alpha value is -0.420. The van der Waals surface area contributed by atoms with Gasteiger partial charge in [-0.3, -0.25) is 0 Å². The molecule has 0 amide bonds. The molecule has 1 aromatic rings. The van der Waals surface area contributed by atoms with Crippen LogP contribution in [0.3, 0.4) is 0 Å². The minimum atomic E-state index is -4.14. The maximum atomic E-state index is 11.9. The molecule has 0 aliphatic rings. The first-order valence-electron chi connectivity index (χ1n) is 4.14. The molecule has 84 valence electrons. The van der Waals surface area contributed by atoms with Crippen LogP contribution in [0.4, 0.5) is 18.9 Å². The first kappa shape index (κ1) is 12.6. The van der Waals surface area contributed by atoms with Gasteiger partial charge in [0.05, 0.1) is 6.42 Å². The van der Waals surface area contributed by atoms with Crippen LogP contribution in [-0.2, 0) is 0 Å². The SMILES string of the molecule is FC(F)(F)CCNc1cc(Cl)ccc1Br. The van der Waals surface area contributed by atoms with Gasteiger partial charge in [0, 0.05) is 21.7 Å². The maximum absolute atomic E-state index is 11.9. The molecular weight excluding hydrogens is 294 g/mol. The van der Waals surface area contributed by atoms with Gasteiger partial charge in [-0.15, -0.1) is 0 Å². The highest BCUT2D eigenvalue weighted by atomic mass is 79.9. The molecule has 1 aromatic carbocycles. The van der Waals surface area contributed by atoms with Gasteiger partial charge in [0.1, 0.15) is 0 Å². The minimum absolute atomic E-state index is 0.164. The van der Waals surface area contributed by atoms with E-state index in [0.29, 0.717) is 15.2 Å². The summed E-state index contributed by atoms with van der Waals surface area (Å²) in [5.41, 5.74) is 0.562. The molecule has 0 bridgehead atoms. The molecule has 0 aliphatic carbocycles. The highest BCUT2D eigenvalue weighted by molar-refractivity contribution is 9.10. The molecule has 0 atom stereocenters. The van der Waals surface area contributed by atoms with E-state index in [0.717, 1.165) is 0 Å². The third kappa shape index (κ3) is 4.75. The molecule has 0 saturated carbocycles. The Morgan fingerprint density at radius 3 is 2.60 bits per heavy atom. The Kier molecular flexibility index (Phi) is 4.28. The number of alkyl halides is 3. The zero-order chi connectivity index (χ0) is 11.5. The summed E-state index contributed by atoms with van der Waals surface area (Å²) < 4.78 is 36.3. The predicted molar refractivity (Wildman–Crippen MR) is 58.3 cm³/mol. The predicted octanol–water partition coefficient (Wildman–Crippen LogP) is 4.47.